The molecule has 74 valence electrons. The largest absolute Gasteiger partial charge is 0.289 e. The summed E-state index contributed by atoms with van der Waals surface area (Å²) in [7, 11) is 0. The van der Waals surface area contributed by atoms with Crippen molar-refractivity contribution in [2.75, 3.05) is 0 Å². The molecule has 0 radical (unpaired) electrons. The van der Waals surface area contributed by atoms with Crippen LogP contribution in [0.4, 0.5) is 0 Å². The zero-order valence-electron chi connectivity index (χ0n) is 8.32. The number of hydrogen-bond donors (Lipinski definition) is 0. The minimum absolute atomic E-state index is 0.0803. The van der Waals surface area contributed by atoms with Crippen LogP contribution >= 0.6 is 0 Å². The monoisotopic (exact) mass is 206 g/mol. The molecule has 1 aromatic carbocycles. The second-order valence-corrected chi connectivity index (χ2v) is 3.30. The lowest BCUT2D eigenvalue weighted by Crippen LogP contribution is -1.92. The van der Waals surface area contributed by atoms with Gasteiger partial charge in [-0.1, -0.05) is 30.8 Å². The van der Waals surface area contributed by atoms with Gasteiger partial charge in [0.05, 0.1) is 12.6 Å². The normalized spacial score (nSPS) is 16.4. The van der Waals surface area contributed by atoms with Crippen LogP contribution in [0.25, 0.3) is 10.4 Å². The molecular weight excluding hydrogens is 200 g/mol. The van der Waals surface area contributed by atoms with Gasteiger partial charge in [0, 0.05) is 16.7 Å². The Morgan fingerprint density at radius 1 is 1.38 bits per heavy atom. The van der Waals surface area contributed by atoms with Crippen LogP contribution in [-0.4, -0.2) is 5.78 Å². The van der Waals surface area contributed by atoms with Gasteiger partial charge in [-0.2, -0.15) is 0 Å². The molecule has 0 aromatic heterocycles. The van der Waals surface area contributed by atoms with E-state index in [1.807, 2.05) is 0 Å². The third-order valence-electron chi connectivity index (χ3n) is 2.47. The van der Waals surface area contributed by atoms with Crippen molar-refractivity contribution in [3.8, 4) is 6.07 Å². The molecule has 0 spiro atoms. The molecule has 0 N–H and O–H groups in total. The number of Topliss-reactive ketones (excluding diaryl/α,β-unsaturated/α-hetero) is 1. The van der Waals surface area contributed by atoms with Crippen molar-refractivity contribution in [3.63, 3.8) is 0 Å². The molecule has 2 rings (SSSR count). The predicted octanol–water partition coefficient (Wildman–Crippen LogP) is 2.59. The number of benzene rings is 1. The average molecular weight is 206 g/mol. The molecule has 0 bridgehead atoms. The highest BCUT2D eigenvalue weighted by molar-refractivity contribution is 6.27. The second-order valence-electron chi connectivity index (χ2n) is 3.30. The topological polar surface area (TPSA) is 45.2 Å². The number of rotatable bonds is 0. The van der Waals surface area contributed by atoms with E-state index < -0.39 is 0 Å². The maximum atomic E-state index is 11.8. The van der Waals surface area contributed by atoms with Crippen LogP contribution in [-0.2, 0) is 0 Å². The van der Waals surface area contributed by atoms with E-state index in [2.05, 4.69) is 11.4 Å². The number of ketones is 1. The average Bonchev–Trinajstić information content (AvgIpc) is 2.57. The second kappa shape index (κ2) is 3.49. The van der Waals surface area contributed by atoms with E-state index in [-0.39, 0.29) is 17.1 Å². The van der Waals surface area contributed by atoms with Crippen molar-refractivity contribution in [1.29, 1.82) is 5.26 Å². The summed E-state index contributed by atoms with van der Waals surface area (Å²) in [6.45, 7) is 10.6. The molecule has 3 heteroatoms. The molecule has 0 unspecified atom stereocenters. The first-order valence-corrected chi connectivity index (χ1v) is 4.56. The lowest BCUT2D eigenvalue weighted by Gasteiger charge is -1.99. The van der Waals surface area contributed by atoms with E-state index in [0.29, 0.717) is 16.7 Å². The van der Waals surface area contributed by atoms with Crippen LogP contribution in [0.1, 0.15) is 15.9 Å². The SMILES string of the molecule is [C-]#[N+]/C(C#N)=C1/C(=C)C(=O)c2ccccc21. The van der Waals surface area contributed by atoms with E-state index >= 15 is 0 Å². The van der Waals surface area contributed by atoms with Crippen molar-refractivity contribution in [2.24, 2.45) is 0 Å². The Bertz CT molecular complexity index is 608. The zero-order valence-corrected chi connectivity index (χ0v) is 8.32. The lowest BCUT2D eigenvalue weighted by atomic mass is 10.0. The Hall–Kier alpha value is -2.65. The predicted molar refractivity (Wildman–Crippen MR) is 59.0 cm³/mol. The third kappa shape index (κ3) is 1.16. The fourth-order valence-corrected chi connectivity index (χ4v) is 1.75. The van der Waals surface area contributed by atoms with Crippen molar-refractivity contribution in [1.82, 2.24) is 0 Å². The third-order valence-corrected chi connectivity index (χ3v) is 2.47. The molecule has 0 saturated carbocycles. The van der Waals surface area contributed by atoms with Gasteiger partial charge < -0.3 is 0 Å². The molecule has 16 heavy (non-hydrogen) atoms. The van der Waals surface area contributed by atoms with Crippen molar-refractivity contribution < 1.29 is 4.79 Å². The van der Waals surface area contributed by atoms with Gasteiger partial charge in [0.2, 0.25) is 0 Å². The van der Waals surface area contributed by atoms with Gasteiger partial charge in [0.15, 0.2) is 5.78 Å². The van der Waals surface area contributed by atoms with Crippen LogP contribution in [0.15, 0.2) is 42.1 Å². The maximum absolute atomic E-state index is 11.8. The standard InChI is InChI=1S/C13H6N2O/c1-8-12(11(7-14)15-2)9-5-3-4-6-10(9)13(8)16/h3-6H,1H2/b12-11-. The summed E-state index contributed by atoms with van der Waals surface area (Å²) in [5.74, 6) is -0.206. The molecule has 1 aromatic rings. The molecule has 1 aliphatic carbocycles. The Balaban J connectivity index is 2.84. The van der Waals surface area contributed by atoms with Gasteiger partial charge in [-0.25, -0.2) is 10.1 Å². The summed E-state index contributed by atoms with van der Waals surface area (Å²) in [6.07, 6.45) is 0. The number of carbonyl (C=O) groups is 1. The summed E-state index contributed by atoms with van der Waals surface area (Å²) in [5, 5.41) is 8.84. The number of nitriles is 1. The van der Waals surface area contributed by atoms with Crippen molar-refractivity contribution in [2.45, 2.75) is 0 Å². The van der Waals surface area contributed by atoms with E-state index in [1.54, 1.807) is 30.3 Å². The highest BCUT2D eigenvalue weighted by Gasteiger charge is 2.30. The van der Waals surface area contributed by atoms with Crippen molar-refractivity contribution >= 4 is 11.4 Å². The summed E-state index contributed by atoms with van der Waals surface area (Å²) in [6, 6.07) is 8.71. The first kappa shape index (κ1) is 9.89. The van der Waals surface area contributed by atoms with Gasteiger partial charge in [-0.05, 0) is 5.56 Å². The number of fused-ring (bicyclic) bond motifs is 1. The Kier molecular flexibility index (Phi) is 2.16. The lowest BCUT2D eigenvalue weighted by molar-refractivity contribution is 0.104. The Morgan fingerprint density at radius 2 is 2.00 bits per heavy atom. The fraction of sp³-hybridized carbons (Fsp3) is 0. The molecule has 0 fully saturated rings. The van der Waals surface area contributed by atoms with Crippen LogP contribution in [0.2, 0.25) is 0 Å². The number of nitrogens with zero attached hydrogens (tertiary/aromatic N) is 2. The Morgan fingerprint density at radius 3 is 2.56 bits per heavy atom. The molecule has 1 aliphatic rings. The number of carbonyl (C=O) groups excluding carboxylic acids is 1. The fourth-order valence-electron chi connectivity index (χ4n) is 1.75. The first-order valence-electron chi connectivity index (χ1n) is 4.56. The molecule has 0 heterocycles. The van der Waals surface area contributed by atoms with Gasteiger partial charge in [-0.3, -0.25) is 4.79 Å². The van der Waals surface area contributed by atoms with Gasteiger partial charge in [0.25, 0.3) is 5.70 Å². The van der Waals surface area contributed by atoms with E-state index in [4.69, 9.17) is 11.8 Å². The zero-order chi connectivity index (χ0) is 11.7. The van der Waals surface area contributed by atoms with Crippen molar-refractivity contribution in [3.05, 3.63) is 64.7 Å². The number of allylic oxidation sites excluding steroid dienone is 3. The highest BCUT2D eigenvalue weighted by atomic mass is 16.1. The molecular formula is C13H6N2O. The Labute approximate surface area is 92.8 Å². The smallest absolute Gasteiger partial charge is 0.270 e. The summed E-state index contributed by atoms with van der Waals surface area (Å²) in [5.41, 5.74) is 1.67. The van der Waals surface area contributed by atoms with Gasteiger partial charge in [0.1, 0.15) is 0 Å². The molecule has 0 amide bonds. The quantitative estimate of drug-likeness (QED) is 0.372. The summed E-state index contributed by atoms with van der Waals surface area (Å²) < 4.78 is 0. The maximum Gasteiger partial charge on any atom is 0.270 e. The minimum Gasteiger partial charge on any atom is -0.289 e. The molecule has 0 aliphatic heterocycles. The van der Waals surface area contributed by atoms with Crippen LogP contribution in [0.3, 0.4) is 0 Å². The molecule has 0 atom stereocenters. The summed E-state index contributed by atoms with van der Waals surface area (Å²) in [4.78, 5) is 14.9. The first-order chi connectivity index (χ1) is 7.70. The van der Waals surface area contributed by atoms with Gasteiger partial charge >= 0.3 is 0 Å². The van der Waals surface area contributed by atoms with E-state index in [1.165, 1.54) is 0 Å². The van der Waals surface area contributed by atoms with Crippen LogP contribution < -0.4 is 0 Å². The minimum atomic E-state index is -0.206. The van der Waals surface area contributed by atoms with E-state index in [9.17, 15) is 4.79 Å². The van der Waals surface area contributed by atoms with Gasteiger partial charge in [-0.15, -0.1) is 0 Å². The van der Waals surface area contributed by atoms with E-state index in [0.717, 1.165) is 0 Å². The summed E-state index contributed by atoms with van der Waals surface area (Å²) >= 11 is 0. The molecule has 3 nitrogen and oxygen atoms in total. The molecule has 0 saturated heterocycles. The van der Waals surface area contributed by atoms with Crippen LogP contribution in [0, 0.1) is 17.9 Å². The number of hydrogen-bond acceptors (Lipinski definition) is 2. The highest BCUT2D eigenvalue weighted by Crippen LogP contribution is 2.37. The van der Waals surface area contributed by atoms with Crippen LogP contribution in [0.5, 0.6) is 0 Å².